The van der Waals surface area contributed by atoms with Crippen molar-refractivity contribution in [3.05, 3.63) is 112 Å². The zero-order valence-electron chi connectivity index (χ0n) is 21.7. The minimum atomic E-state index is 0.956. The summed E-state index contributed by atoms with van der Waals surface area (Å²) < 4.78 is 8.63. The standard InChI is InChI=1S/C35H28NO/c1-19-8-7-10-22-23-12-13-24-25-14-15-36(4)34(31(25)18-30(24)29(23)16-27(19)22)28-17-32-26-9-5-6-11-33(26)37-35(32)21(3)20(28)2/h5-15,17H,16,18H2,1-4H3/q+1. The second kappa shape index (κ2) is 7.20. The van der Waals surface area contributed by atoms with Crippen LogP contribution in [0.3, 0.4) is 0 Å². The van der Waals surface area contributed by atoms with Gasteiger partial charge < -0.3 is 4.42 Å². The van der Waals surface area contributed by atoms with Crippen molar-refractivity contribution in [1.82, 2.24) is 0 Å². The molecule has 0 fully saturated rings. The summed E-state index contributed by atoms with van der Waals surface area (Å²) in [4.78, 5) is 0. The summed E-state index contributed by atoms with van der Waals surface area (Å²) in [7, 11) is 2.19. The van der Waals surface area contributed by atoms with Crippen LogP contribution < -0.4 is 4.57 Å². The largest absolute Gasteiger partial charge is 0.456 e. The molecule has 0 atom stereocenters. The van der Waals surface area contributed by atoms with Gasteiger partial charge in [0.05, 0.1) is 5.56 Å². The zero-order chi connectivity index (χ0) is 25.0. The lowest BCUT2D eigenvalue weighted by molar-refractivity contribution is -0.660. The summed E-state index contributed by atoms with van der Waals surface area (Å²) >= 11 is 0. The van der Waals surface area contributed by atoms with E-state index in [1.807, 2.05) is 6.07 Å². The van der Waals surface area contributed by atoms with Crippen molar-refractivity contribution in [1.29, 1.82) is 0 Å². The highest BCUT2D eigenvalue weighted by atomic mass is 16.3. The van der Waals surface area contributed by atoms with Crippen LogP contribution in [0.2, 0.25) is 0 Å². The Bertz CT molecular complexity index is 1970. The molecule has 2 heterocycles. The van der Waals surface area contributed by atoms with Crippen LogP contribution in [0.1, 0.15) is 38.9 Å². The Labute approximate surface area is 216 Å². The van der Waals surface area contributed by atoms with Gasteiger partial charge in [-0.1, -0.05) is 48.5 Å². The fraction of sp³-hybridized carbons (Fsp3) is 0.171. The molecule has 2 aliphatic rings. The van der Waals surface area contributed by atoms with Crippen LogP contribution >= 0.6 is 0 Å². The number of aromatic nitrogens is 1. The van der Waals surface area contributed by atoms with Crippen molar-refractivity contribution in [3.8, 4) is 33.5 Å². The second-order valence-electron chi connectivity index (χ2n) is 10.9. The average Bonchev–Trinajstić information content (AvgIpc) is 3.58. The fourth-order valence-electron chi connectivity index (χ4n) is 6.99. The summed E-state index contributed by atoms with van der Waals surface area (Å²) in [6, 6.07) is 24.6. The molecule has 2 aromatic heterocycles. The molecular weight excluding hydrogens is 450 g/mol. The molecule has 2 heteroatoms. The highest BCUT2D eigenvalue weighted by Crippen LogP contribution is 2.49. The maximum absolute atomic E-state index is 6.31. The summed E-state index contributed by atoms with van der Waals surface area (Å²) in [5.74, 6) is 0. The van der Waals surface area contributed by atoms with E-state index in [1.165, 1.54) is 83.2 Å². The Morgan fingerprint density at radius 2 is 1.32 bits per heavy atom. The van der Waals surface area contributed by atoms with Crippen LogP contribution in [0, 0.1) is 20.8 Å². The average molecular weight is 479 g/mol. The van der Waals surface area contributed by atoms with E-state index in [2.05, 4.69) is 99.2 Å². The molecule has 0 amide bonds. The number of rotatable bonds is 1. The van der Waals surface area contributed by atoms with E-state index in [-0.39, 0.29) is 0 Å². The number of nitrogens with zero attached hydrogens (tertiary/aromatic N) is 1. The molecule has 2 aliphatic carbocycles. The lowest BCUT2D eigenvalue weighted by Gasteiger charge is -2.12. The van der Waals surface area contributed by atoms with Gasteiger partial charge in [0.1, 0.15) is 18.2 Å². The molecule has 37 heavy (non-hydrogen) atoms. The first kappa shape index (κ1) is 21.0. The van der Waals surface area contributed by atoms with Gasteiger partial charge in [0.15, 0.2) is 6.20 Å². The highest BCUT2D eigenvalue weighted by Gasteiger charge is 2.33. The molecule has 0 unspecified atom stereocenters. The van der Waals surface area contributed by atoms with E-state index in [0.29, 0.717) is 0 Å². The van der Waals surface area contributed by atoms with E-state index in [0.717, 1.165) is 24.0 Å². The van der Waals surface area contributed by atoms with E-state index in [1.54, 1.807) is 0 Å². The third-order valence-corrected chi connectivity index (χ3v) is 9.04. The third kappa shape index (κ3) is 2.68. The van der Waals surface area contributed by atoms with Crippen LogP contribution in [0.4, 0.5) is 0 Å². The van der Waals surface area contributed by atoms with Gasteiger partial charge in [-0.05, 0) is 95.0 Å². The van der Waals surface area contributed by atoms with Crippen LogP contribution in [0.25, 0.3) is 55.4 Å². The monoisotopic (exact) mass is 478 g/mol. The summed E-state index contributed by atoms with van der Waals surface area (Å²) in [5.41, 5.74) is 20.1. The quantitative estimate of drug-likeness (QED) is 0.218. The number of aryl methyl sites for hydroxylation is 3. The fourth-order valence-corrected chi connectivity index (χ4v) is 6.99. The Balaban J connectivity index is 1.36. The van der Waals surface area contributed by atoms with Crippen LogP contribution in [-0.4, -0.2) is 0 Å². The van der Waals surface area contributed by atoms with E-state index in [9.17, 15) is 0 Å². The van der Waals surface area contributed by atoms with Crippen LogP contribution in [0.15, 0.2) is 77.3 Å². The lowest BCUT2D eigenvalue weighted by atomic mass is 9.93. The van der Waals surface area contributed by atoms with Crippen molar-refractivity contribution < 1.29 is 8.98 Å². The topological polar surface area (TPSA) is 17.0 Å². The Hall–Kier alpha value is -4.17. The predicted octanol–water partition coefficient (Wildman–Crippen LogP) is 8.15. The molecular formula is C35H28NO+. The smallest absolute Gasteiger partial charge is 0.216 e. The lowest BCUT2D eigenvalue weighted by Crippen LogP contribution is -2.32. The minimum Gasteiger partial charge on any atom is -0.456 e. The highest BCUT2D eigenvalue weighted by molar-refractivity contribution is 6.08. The minimum absolute atomic E-state index is 0.956. The molecule has 6 aromatic rings. The molecule has 0 aliphatic heterocycles. The number of para-hydroxylation sites is 1. The molecule has 178 valence electrons. The Morgan fingerprint density at radius 3 is 2.14 bits per heavy atom. The number of pyridine rings is 1. The van der Waals surface area contributed by atoms with Crippen LogP contribution in [0.5, 0.6) is 0 Å². The first-order chi connectivity index (χ1) is 18.0. The van der Waals surface area contributed by atoms with Gasteiger partial charge in [-0.15, -0.1) is 0 Å². The number of furan rings is 1. The van der Waals surface area contributed by atoms with Crippen molar-refractivity contribution >= 4 is 21.9 Å². The molecule has 8 rings (SSSR count). The van der Waals surface area contributed by atoms with Gasteiger partial charge in [0.25, 0.3) is 0 Å². The summed E-state index contributed by atoms with van der Waals surface area (Å²) in [5, 5.41) is 2.39. The van der Waals surface area contributed by atoms with Gasteiger partial charge in [0, 0.05) is 28.8 Å². The Kier molecular flexibility index (Phi) is 4.08. The van der Waals surface area contributed by atoms with E-state index >= 15 is 0 Å². The molecule has 4 aromatic carbocycles. The van der Waals surface area contributed by atoms with Crippen molar-refractivity contribution in [2.24, 2.45) is 7.05 Å². The molecule has 0 N–H and O–H groups in total. The maximum atomic E-state index is 6.31. The zero-order valence-corrected chi connectivity index (χ0v) is 21.7. The van der Waals surface area contributed by atoms with E-state index < -0.39 is 0 Å². The normalized spacial score (nSPS) is 13.2. The van der Waals surface area contributed by atoms with Crippen molar-refractivity contribution in [3.63, 3.8) is 0 Å². The molecule has 0 saturated heterocycles. The molecule has 0 bridgehead atoms. The SMILES string of the molecule is Cc1cccc2c1Cc1c-2ccc2c1Cc1c-2cc[n+](C)c1-c1cc2c(oc3ccccc32)c(C)c1C. The number of benzene rings is 4. The van der Waals surface area contributed by atoms with Gasteiger partial charge in [-0.25, -0.2) is 4.57 Å². The summed E-state index contributed by atoms with van der Waals surface area (Å²) in [6.45, 7) is 6.70. The molecule has 0 radical (unpaired) electrons. The second-order valence-corrected chi connectivity index (χ2v) is 10.9. The first-order valence-corrected chi connectivity index (χ1v) is 13.2. The first-order valence-electron chi connectivity index (χ1n) is 13.2. The third-order valence-electron chi connectivity index (χ3n) is 9.04. The molecule has 0 spiro atoms. The van der Waals surface area contributed by atoms with Crippen molar-refractivity contribution in [2.75, 3.05) is 0 Å². The van der Waals surface area contributed by atoms with Gasteiger partial charge in [-0.2, -0.15) is 0 Å². The molecule has 0 saturated carbocycles. The van der Waals surface area contributed by atoms with E-state index in [4.69, 9.17) is 4.42 Å². The number of hydrogen-bond acceptors (Lipinski definition) is 1. The summed E-state index contributed by atoms with van der Waals surface area (Å²) in [6.07, 6.45) is 4.26. The van der Waals surface area contributed by atoms with Gasteiger partial charge >= 0.3 is 0 Å². The maximum Gasteiger partial charge on any atom is 0.216 e. The predicted molar refractivity (Wildman–Crippen MR) is 151 cm³/mol. The number of hydrogen-bond donors (Lipinski definition) is 0. The molecule has 2 nitrogen and oxygen atoms in total. The van der Waals surface area contributed by atoms with Crippen molar-refractivity contribution in [2.45, 2.75) is 33.6 Å². The van der Waals surface area contributed by atoms with Gasteiger partial charge in [0.2, 0.25) is 5.69 Å². The van der Waals surface area contributed by atoms with Crippen LogP contribution in [-0.2, 0) is 19.9 Å². The number of fused-ring (bicyclic) bond motifs is 10. The Morgan fingerprint density at radius 1 is 0.622 bits per heavy atom. The van der Waals surface area contributed by atoms with Gasteiger partial charge in [-0.3, -0.25) is 0 Å².